The third-order valence-corrected chi connectivity index (χ3v) is 7.11. The molecule has 0 amide bonds. The monoisotopic (exact) mass is 512 g/mol. The Bertz CT molecular complexity index is 1730. The lowest BCUT2D eigenvalue weighted by Crippen LogP contribution is -1.99. The molecule has 0 atom stereocenters. The highest BCUT2D eigenvalue weighted by Crippen LogP contribution is 2.36. The summed E-state index contributed by atoms with van der Waals surface area (Å²) in [5.74, 6) is 2.36. The predicted octanol–water partition coefficient (Wildman–Crippen LogP) is 8.92. The first-order valence-electron chi connectivity index (χ1n) is 13.5. The topological polar surface area (TPSA) is 44.9 Å². The van der Waals surface area contributed by atoms with E-state index in [0.29, 0.717) is 11.8 Å². The Labute approximate surface area is 229 Å². The molecule has 0 saturated carbocycles. The predicted molar refractivity (Wildman–Crippen MR) is 158 cm³/mol. The Hall–Kier alpha value is -4.64. The van der Waals surface area contributed by atoms with E-state index in [1.54, 1.807) is 0 Å². The van der Waals surface area contributed by atoms with Gasteiger partial charge in [-0.2, -0.15) is 5.10 Å². The van der Waals surface area contributed by atoms with Gasteiger partial charge in [0.05, 0.1) is 28.6 Å². The molecule has 0 N–H and O–H groups in total. The van der Waals surface area contributed by atoms with Gasteiger partial charge in [-0.3, -0.25) is 4.57 Å². The first kappa shape index (κ1) is 24.7. The molecule has 5 heteroatoms. The molecular formula is C34H32N4O. The summed E-state index contributed by atoms with van der Waals surface area (Å²) < 4.78 is 10.3. The molecule has 0 fully saturated rings. The average Bonchev–Trinajstić information content (AvgIpc) is 3.61. The highest BCUT2D eigenvalue weighted by molar-refractivity contribution is 5.77. The van der Waals surface area contributed by atoms with Crippen LogP contribution in [-0.4, -0.2) is 19.3 Å². The molecule has 194 valence electrons. The van der Waals surface area contributed by atoms with Crippen LogP contribution in [0.3, 0.4) is 0 Å². The van der Waals surface area contributed by atoms with Gasteiger partial charge in [-0.05, 0) is 64.9 Å². The number of fused-ring (bicyclic) bond motifs is 1. The summed E-state index contributed by atoms with van der Waals surface area (Å²) in [6.45, 7) is 8.99. The van der Waals surface area contributed by atoms with Gasteiger partial charge in [0, 0.05) is 23.9 Å². The summed E-state index contributed by atoms with van der Waals surface area (Å²) in [6.07, 6.45) is 5.94. The Balaban J connectivity index is 1.30. The molecule has 6 rings (SSSR count). The maximum atomic E-state index is 6.31. The molecule has 0 unspecified atom stereocenters. The number of hydrogen-bond donors (Lipinski definition) is 0. The number of para-hydroxylation sites is 2. The van der Waals surface area contributed by atoms with Crippen LogP contribution in [-0.2, 0) is 0 Å². The SMILES string of the molecule is CC(C)c1cccc(C(C)C)c1-c1cnn(-c2cccc(Oc3cccc(-n4cnc5ccccc54)c3)c2)c1. The van der Waals surface area contributed by atoms with Crippen LogP contribution in [0, 0.1) is 0 Å². The van der Waals surface area contributed by atoms with Crippen molar-refractivity contribution >= 4 is 11.0 Å². The molecule has 0 aliphatic heterocycles. The van der Waals surface area contributed by atoms with Crippen molar-refractivity contribution in [1.82, 2.24) is 19.3 Å². The lowest BCUT2D eigenvalue weighted by Gasteiger charge is -2.18. The standard InChI is InChI=1S/C34H32N4O/c1-23(2)30-14-9-15-31(24(3)4)34(30)25-20-36-38(21-25)27-11-8-13-29(19-27)39-28-12-7-10-26(18-28)37-22-35-32-16-5-6-17-33(32)37/h5-24H,1-4H3. The van der Waals surface area contributed by atoms with E-state index in [1.165, 1.54) is 16.7 Å². The van der Waals surface area contributed by atoms with E-state index in [-0.39, 0.29) is 0 Å². The van der Waals surface area contributed by atoms with Crippen LogP contribution in [0.4, 0.5) is 0 Å². The number of benzene rings is 4. The molecular weight excluding hydrogens is 480 g/mol. The lowest BCUT2D eigenvalue weighted by atomic mass is 9.86. The fourth-order valence-electron chi connectivity index (χ4n) is 5.16. The van der Waals surface area contributed by atoms with Gasteiger partial charge in [0.25, 0.3) is 0 Å². The zero-order valence-electron chi connectivity index (χ0n) is 22.7. The van der Waals surface area contributed by atoms with Crippen molar-refractivity contribution in [2.45, 2.75) is 39.5 Å². The fourth-order valence-corrected chi connectivity index (χ4v) is 5.16. The van der Waals surface area contributed by atoms with Gasteiger partial charge in [0.2, 0.25) is 0 Å². The maximum absolute atomic E-state index is 6.31. The summed E-state index contributed by atoms with van der Waals surface area (Å²) in [6, 6.07) is 30.9. The average molecular weight is 513 g/mol. The smallest absolute Gasteiger partial charge is 0.129 e. The first-order chi connectivity index (χ1) is 19.0. The van der Waals surface area contributed by atoms with Gasteiger partial charge in [-0.25, -0.2) is 9.67 Å². The van der Waals surface area contributed by atoms with Crippen molar-refractivity contribution in [2.75, 3.05) is 0 Å². The quantitative estimate of drug-likeness (QED) is 0.214. The number of nitrogens with zero attached hydrogens (tertiary/aromatic N) is 4. The molecule has 2 aromatic heterocycles. The van der Waals surface area contributed by atoms with Gasteiger partial charge >= 0.3 is 0 Å². The third-order valence-electron chi connectivity index (χ3n) is 7.11. The Morgan fingerprint density at radius 1 is 0.692 bits per heavy atom. The van der Waals surface area contributed by atoms with E-state index in [0.717, 1.165) is 39.5 Å². The Morgan fingerprint density at radius 2 is 1.33 bits per heavy atom. The van der Waals surface area contributed by atoms with Crippen LogP contribution >= 0.6 is 0 Å². The van der Waals surface area contributed by atoms with E-state index in [9.17, 15) is 0 Å². The first-order valence-corrected chi connectivity index (χ1v) is 13.5. The largest absolute Gasteiger partial charge is 0.457 e. The molecule has 0 aliphatic rings. The van der Waals surface area contributed by atoms with E-state index in [1.807, 2.05) is 71.8 Å². The van der Waals surface area contributed by atoms with Crippen molar-refractivity contribution in [3.63, 3.8) is 0 Å². The number of hydrogen-bond acceptors (Lipinski definition) is 3. The summed E-state index contributed by atoms with van der Waals surface area (Å²) in [5.41, 5.74) is 9.10. The number of aromatic nitrogens is 4. The molecule has 6 aromatic rings. The van der Waals surface area contributed by atoms with Gasteiger partial charge in [-0.15, -0.1) is 0 Å². The van der Waals surface area contributed by atoms with Crippen molar-refractivity contribution in [2.24, 2.45) is 0 Å². The second kappa shape index (κ2) is 10.3. The molecule has 39 heavy (non-hydrogen) atoms. The van der Waals surface area contributed by atoms with Gasteiger partial charge in [0.15, 0.2) is 0 Å². The molecule has 0 aliphatic carbocycles. The van der Waals surface area contributed by atoms with Gasteiger partial charge in [-0.1, -0.05) is 70.2 Å². The maximum Gasteiger partial charge on any atom is 0.129 e. The summed E-state index contributed by atoms with van der Waals surface area (Å²) in [7, 11) is 0. The van der Waals surface area contributed by atoms with Crippen LogP contribution in [0.15, 0.2) is 110 Å². The number of rotatable bonds is 7. The Morgan fingerprint density at radius 3 is 2.05 bits per heavy atom. The van der Waals surface area contributed by atoms with Crippen molar-refractivity contribution < 1.29 is 4.74 Å². The third kappa shape index (κ3) is 4.84. The summed E-state index contributed by atoms with van der Waals surface area (Å²) >= 11 is 0. The van der Waals surface area contributed by atoms with Crippen LogP contribution in [0.2, 0.25) is 0 Å². The van der Waals surface area contributed by atoms with E-state index in [2.05, 4.69) is 79.8 Å². The lowest BCUT2D eigenvalue weighted by molar-refractivity contribution is 0.482. The molecule has 4 aromatic carbocycles. The zero-order chi connectivity index (χ0) is 26.9. The molecule has 0 radical (unpaired) electrons. The molecule has 2 heterocycles. The van der Waals surface area contributed by atoms with Crippen LogP contribution in [0.5, 0.6) is 11.5 Å². The highest BCUT2D eigenvalue weighted by atomic mass is 16.5. The fraction of sp³-hybridized carbons (Fsp3) is 0.176. The summed E-state index contributed by atoms with van der Waals surface area (Å²) in [5, 5.41) is 4.74. The van der Waals surface area contributed by atoms with Crippen LogP contribution in [0.1, 0.15) is 50.7 Å². The second-order valence-electron chi connectivity index (χ2n) is 10.5. The van der Waals surface area contributed by atoms with E-state index >= 15 is 0 Å². The molecule has 0 saturated heterocycles. The van der Waals surface area contributed by atoms with Crippen LogP contribution < -0.4 is 4.74 Å². The van der Waals surface area contributed by atoms with Crippen molar-refractivity contribution in [1.29, 1.82) is 0 Å². The van der Waals surface area contributed by atoms with Crippen LogP contribution in [0.25, 0.3) is 33.5 Å². The Kier molecular flexibility index (Phi) is 6.49. The van der Waals surface area contributed by atoms with Gasteiger partial charge in [0.1, 0.15) is 17.8 Å². The van der Waals surface area contributed by atoms with Gasteiger partial charge < -0.3 is 4.74 Å². The van der Waals surface area contributed by atoms with E-state index < -0.39 is 0 Å². The molecule has 0 spiro atoms. The second-order valence-corrected chi connectivity index (χ2v) is 10.5. The van der Waals surface area contributed by atoms with Crippen molar-refractivity contribution in [3.05, 3.63) is 121 Å². The molecule has 5 nitrogen and oxygen atoms in total. The zero-order valence-corrected chi connectivity index (χ0v) is 22.7. The highest BCUT2D eigenvalue weighted by Gasteiger charge is 2.17. The molecule has 0 bridgehead atoms. The minimum Gasteiger partial charge on any atom is -0.457 e. The normalized spacial score (nSPS) is 11.5. The van der Waals surface area contributed by atoms with Crippen molar-refractivity contribution in [3.8, 4) is 34.0 Å². The summed E-state index contributed by atoms with van der Waals surface area (Å²) in [4.78, 5) is 4.52. The number of imidazole rings is 1. The number of ether oxygens (including phenoxy) is 1. The van der Waals surface area contributed by atoms with E-state index in [4.69, 9.17) is 9.84 Å². The minimum absolute atomic E-state index is 0.426. The minimum atomic E-state index is 0.426.